The summed E-state index contributed by atoms with van der Waals surface area (Å²) in [5.74, 6) is -1.50. The van der Waals surface area contributed by atoms with E-state index in [4.69, 9.17) is 20.5 Å². The number of fused-ring (bicyclic) bond motifs is 1. The van der Waals surface area contributed by atoms with Crippen molar-refractivity contribution in [2.75, 3.05) is 10.6 Å². The van der Waals surface area contributed by atoms with Crippen LogP contribution in [0.5, 0.6) is 0 Å². The van der Waals surface area contributed by atoms with Gasteiger partial charge in [-0.15, -0.1) is 0 Å². The van der Waals surface area contributed by atoms with Crippen molar-refractivity contribution in [3.8, 4) is 11.3 Å². The largest absolute Gasteiger partial charge is 0.421 e. The molecular weight excluding hydrogens is 441 g/mol. The van der Waals surface area contributed by atoms with Gasteiger partial charge in [0.2, 0.25) is 5.91 Å². The molecule has 0 aliphatic carbocycles. The Hall–Kier alpha value is -3.98. The third-order valence-corrected chi connectivity index (χ3v) is 4.91. The minimum absolute atomic E-state index is 0.0237. The zero-order valence-corrected chi connectivity index (χ0v) is 17.5. The summed E-state index contributed by atoms with van der Waals surface area (Å²) in [4.78, 5) is 36.2. The van der Waals surface area contributed by atoms with Crippen LogP contribution in [0.3, 0.4) is 0 Å². The van der Waals surface area contributed by atoms with Crippen molar-refractivity contribution in [3.63, 3.8) is 0 Å². The summed E-state index contributed by atoms with van der Waals surface area (Å²) < 4.78 is 24.7. The maximum Gasteiger partial charge on any atom is 0.360 e. The summed E-state index contributed by atoms with van der Waals surface area (Å²) in [6.45, 7) is 2.79. The number of carbonyl (C=O) groups excluding carboxylic acids is 2. The monoisotopic (exact) mass is 455 g/mol. The molecule has 32 heavy (non-hydrogen) atoms. The van der Waals surface area contributed by atoms with Gasteiger partial charge in [-0.25, -0.2) is 9.18 Å². The van der Waals surface area contributed by atoms with Gasteiger partial charge in [-0.05, 0) is 43.3 Å². The molecule has 0 fully saturated rings. The molecule has 4 aromatic rings. The lowest BCUT2D eigenvalue weighted by Gasteiger charge is -2.09. The summed E-state index contributed by atoms with van der Waals surface area (Å²) in [6.07, 6.45) is 0. The fraction of sp³-hybridized carbons (Fsp3) is 0.0909. The summed E-state index contributed by atoms with van der Waals surface area (Å²) in [6, 6.07) is 10.1. The maximum absolute atomic E-state index is 14.4. The highest BCUT2D eigenvalue weighted by Crippen LogP contribution is 2.34. The SMILES string of the molecule is CC(=O)Nc1cc2cc(NC(=O)c3c(-c4c(F)cccc4Cl)noc3C)ccc2oc1=O. The lowest BCUT2D eigenvalue weighted by atomic mass is 10.0. The standard InChI is InChI=1S/C22H15ClFN3O5/c1-10-18(20(27-32-10)19-14(23)4-3-5-15(19)24)21(29)26-13-6-7-17-12(8-13)9-16(22(30)31-17)25-11(2)28/h3-9H,1-2H3,(H,25,28)(H,26,29). The number of halogens is 2. The minimum Gasteiger partial charge on any atom is -0.421 e. The van der Waals surface area contributed by atoms with Crippen LogP contribution in [0.15, 0.2) is 56.2 Å². The molecule has 0 aliphatic heterocycles. The molecule has 2 aromatic heterocycles. The van der Waals surface area contributed by atoms with Crippen LogP contribution < -0.4 is 16.3 Å². The highest BCUT2D eigenvalue weighted by Gasteiger charge is 2.25. The van der Waals surface area contributed by atoms with Crippen molar-refractivity contribution in [1.29, 1.82) is 0 Å². The molecule has 10 heteroatoms. The van der Waals surface area contributed by atoms with Crippen molar-refractivity contribution < 1.29 is 22.9 Å². The Labute approximate surface area is 185 Å². The zero-order valence-electron chi connectivity index (χ0n) is 16.8. The molecule has 0 spiro atoms. The molecule has 8 nitrogen and oxygen atoms in total. The molecule has 0 unspecified atom stereocenters. The Balaban J connectivity index is 1.71. The molecule has 2 amide bonds. The van der Waals surface area contributed by atoms with E-state index < -0.39 is 23.3 Å². The second-order valence-corrected chi connectivity index (χ2v) is 7.30. The maximum atomic E-state index is 14.4. The number of carbonyl (C=O) groups is 2. The van der Waals surface area contributed by atoms with E-state index in [0.29, 0.717) is 11.1 Å². The molecule has 0 saturated heterocycles. The predicted molar refractivity (Wildman–Crippen MR) is 116 cm³/mol. The Bertz CT molecular complexity index is 1420. The molecule has 4 rings (SSSR count). The molecule has 2 N–H and O–H groups in total. The van der Waals surface area contributed by atoms with Gasteiger partial charge in [-0.2, -0.15) is 0 Å². The van der Waals surface area contributed by atoms with Crippen LogP contribution in [0.25, 0.3) is 22.2 Å². The van der Waals surface area contributed by atoms with E-state index in [-0.39, 0.29) is 38.9 Å². The third kappa shape index (κ3) is 3.97. The van der Waals surface area contributed by atoms with Gasteiger partial charge in [0, 0.05) is 18.0 Å². The normalized spacial score (nSPS) is 10.9. The Morgan fingerprint density at radius 3 is 2.62 bits per heavy atom. The summed E-state index contributed by atoms with van der Waals surface area (Å²) >= 11 is 6.12. The van der Waals surface area contributed by atoms with Crippen LogP contribution in [0.2, 0.25) is 5.02 Å². The van der Waals surface area contributed by atoms with Crippen molar-refractivity contribution >= 4 is 45.8 Å². The van der Waals surface area contributed by atoms with E-state index in [9.17, 15) is 18.8 Å². The van der Waals surface area contributed by atoms with E-state index in [1.807, 2.05) is 0 Å². The number of hydrogen-bond donors (Lipinski definition) is 2. The molecular formula is C22H15ClFN3O5. The molecule has 0 aliphatic rings. The Morgan fingerprint density at radius 1 is 1.12 bits per heavy atom. The second kappa shape index (κ2) is 8.27. The van der Waals surface area contributed by atoms with Gasteiger partial charge in [0.05, 0.1) is 10.6 Å². The van der Waals surface area contributed by atoms with E-state index >= 15 is 0 Å². The van der Waals surface area contributed by atoms with Crippen LogP contribution in [-0.4, -0.2) is 17.0 Å². The van der Waals surface area contributed by atoms with Crippen molar-refractivity contribution in [1.82, 2.24) is 5.16 Å². The van der Waals surface area contributed by atoms with Gasteiger partial charge in [0.25, 0.3) is 5.91 Å². The van der Waals surface area contributed by atoms with Crippen LogP contribution in [0.4, 0.5) is 15.8 Å². The quantitative estimate of drug-likeness (QED) is 0.429. The Kier molecular flexibility index (Phi) is 5.50. The van der Waals surface area contributed by atoms with Gasteiger partial charge >= 0.3 is 5.63 Å². The van der Waals surface area contributed by atoms with Gasteiger partial charge < -0.3 is 19.6 Å². The summed E-state index contributed by atoms with van der Waals surface area (Å²) in [5.41, 5.74) is -0.149. The lowest BCUT2D eigenvalue weighted by molar-refractivity contribution is -0.114. The van der Waals surface area contributed by atoms with E-state index in [0.717, 1.165) is 0 Å². The smallest absolute Gasteiger partial charge is 0.360 e. The minimum atomic E-state index is -0.698. The Morgan fingerprint density at radius 2 is 1.91 bits per heavy atom. The van der Waals surface area contributed by atoms with Gasteiger partial charge in [0.15, 0.2) is 0 Å². The number of aryl methyl sites for hydroxylation is 1. The molecule has 0 bridgehead atoms. The van der Waals surface area contributed by atoms with E-state index in [1.165, 1.54) is 50.2 Å². The van der Waals surface area contributed by atoms with Crippen LogP contribution in [0.1, 0.15) is 23.0 Å². The lowest BCUT2D eigenvalue weighted by Crippen LogP contribution is -2.15. The van der Waals surface area contributed by atoms with Gasteiger partial charge in [0.1, 0.15) is 34.1 Å². The predicted octanol–water partition coefficient (Wildman–Crippen LogP) is 4.76. The summed E-state index contributed by atoms with van der Waals surface area (Å²) in [7, 11) is 0. The van der Waals surface area contributed by atoms with Crippen molar-refractivity contribution in [2.45, 2.75) is 13.8 Å². The second-order valence-electron chi connectivity index (χ2n) is 6.89. The van der Waals surface area contributed by atoms with Crippen LogP contribution in [-0.2, 0) is 4.79 Å². The summed E-state index contributed by atoms with van der Waals surface area (Å²) in [5, 5.41) is 9.44. The van der Waals surface area contributed by atoms with Gasteiger partial charge in [-0.3, -0.25) is 9.59 Å². The molecule has 0 radical (unpaired) electrons. The van der Waals surface area contributed by atoms with Crippen molar-refractivity contribution in [2.24, 2.45) is 0 Å². The molecule has 2 aromatic carbocycles. The van der Waals surface area contributed by atoms with Crippen LogP contribution >= 0.6 is 11.6 Å². The fourth-order valence-electron chi connectivity index (χ4n) is 3.21. The third-order valence-electron chi connectivity index (χ3n) is 4.59. The van der Waals surface area contributed by atoms with Crippen molar-refractivity contribution in [3.05, 3.63) is 75.0 Å². The average molecular weight is 456 g/mol. The fourth-order valence-corrected chi connectivity index (χ4v) is 3.46. The zero-order chi connectivity index (χ0) is 23.0. The topological polar surface area (TPSA) is 114 Å². The van der Waals surface area contributed by atoms with Crippen LogP contribution in [0, 0.1) is 12.7 Å². The number of benzene rings is 2. The number of anilines is 2. The first-order valence-electron chi connectivity index (χ1n) is 9.32. The number of nitrogens with zero attached hydrogens (tertiary/aromatic N) is 1. The molecule has 2 heterocycles. The molecule has 162 valence electrons. The average Bonchev–Trinajstić information content (AvgIpc) is 3.09. The number of hydrogen-bond acceptors (Lipinski definition) is 6. The first-order chi connectivity index (χ1) is 15.2. The number of rotatable bonds is 4. The highest BCUT2D eigenvalue weighted by atomic mass is 35.5. The number of aromatic nitrogens is 1. The van der Waals surface area contributed by atoms with Gasteiger partial charge in [-0.1, -0.05) is 22.8 Å². The molecule has 0 saturated carbocycles. The van der Waals surface area contributed by atoms with E-state index in [1.54, 1.807) is 6.07 Å². The highest BCUT2D eigenvalue weighted by molar-refractivity contribution is 6.33. The number of amides is 2. The molecule has 0 atom stereocenters. The van der Waals surface area contributed by atoms with E-state index in [2.05, 4.69) is 15.8 Å². The first-order valence-corrected chi connectivity index (χ1v) is 9.70. The number of nitrogens with one attached hydrogen (secondary N) is 2. The first kappa shape index (κ1) is 21.3.